The van der Waals surface area contributed by atoms with Gasteiger partial charge in [-0.3, -0.25) is 9.69 Å². The summed E-state index contributed by atoms with van der Waals surface area (Å²) in [6.45, 7) is 0.755. The molecule has 2 aromatic carbocycles. The number of carbonyl (C=O) groups is 1. The molecule has 1 amide bonds. The molecule has 5 nitrogen and oxygen atoms in total. The number of piperazine rings is 1. The Morgan fingerprint density at radius 1 is 1.00 bits per heavy atom. The minimum Gasteiger partial charge on any atom is -0.306 e. The first-order valence-corrected chi connectivity index (χ1v) is 10.7. The van der Waals surface area contributed by atoms with Crippen LogP contribution in [0.4, 0.5) is 5.69 Å². The minimum atomic E-state index is -3.20. The van der Waals surface area contributed by atoms with Crippen molar-refractivity contribution < 1.29 is 13.2 Å². The summed E-state index contributed by atoms with van der Waals surface area (Å²) >= 11 is 6.08. The van der Waals surface area contributed by atoms with Gasteiger partial charge in [0.15, 0.2) is 9.84 Å². The van der Waals surface area contributed by atoms with Crippen LogP contribution >= 0.6 is 11.6 Å². The molecule has 7 heteroatoms. The lowest BCUT2D eigenvalue weighted by molar-refractivity contribution is -0.123. The molecule has 0 N–H and O–H groups in total. The van der Waals surface area contributed by atoms with Gasteiger partial charge in [0.2, 0.25) is 5.91 Å². The zero-order valence-electron chi connectivity index (χ0n) is 14.1. The zero-order chi connectivity index (χ0) is 18.3. The maximum absolute atomic E-state index is 12.9. The van der Waals surface area contributed by atoms with Crippen LogP contribution in [0.15, 0.2) is 54.6 Å². The lowest BCUT2D eigenvalue weighted by atomic mass is 10.0. The molecule has 0 aliphatic carbocycles. The van der Waals surface area contributed by atoms with Crippen molar-refractivity contribution in [3.05, 3.63) is 65.2 Å². The van der Waals surface area contributed by atoms with Gasteiger partial charge in [0, 0.05) is 23.3 Å². The zero-order valence-corrected chi connectivity index (χ0v) is 15.7. The van der Waals surface area contributed by atoms with Gasteiger partial charge in [0.1, 0.15) is 0 Å². The number of sulfone groups is 1. The van der Waals surface area contributed by atoms with Crippen molar-refractivity contribution in [1.29, 1.82) is 0 Å². The standard InChI is InChI=1S/C19H19ClN2O3S/c20-15-7-4-8-16(9-15)22-18-13-26(24,25)12-17(18)21(11-19(22)23)10-14-5-2-1-3-6-14/h1-9,17-18H,10-13H2/t17-,18+/m1/s1. The summed E-state index contributed by atoms with van der Waals surface area (Å²) in [6.07, 6.45) is 0. The number of carbonyl (C=O) groups excluding carboxylic acids is 1. The van der Waals surface area contributed by atoms with Crippen molar-refractivity contribution in [3.8, 4) is 0 Å². The van der Waals surface area contributed by atoms with Gasteiger partial charge >= 0.3 is 0 Å². The Morgan fingerprint density at radius 2 is 1.73 bits per heavy atom. The Morgan fingerprint density at radius 3 is 2.46 bits per heavy atom. The van der Waals surface area contributed by atoms with E-state index in [1.807, 2.05) is 35.2 Å². The fraction of sp³-hybridized carbons (Fsp3) is 0.316. The number of amides is 1. The Kier molecular flexibility index (Phi) is 4.50. The molecule has 0 saturated carbocycles. The van der Waals surface area contributed by atoms with Crippen LogP contribution in [0.25, 0.3) is 0 Å². The predicted octanol–water partition coefficient (Wildman–Crippen LogP) is 2.35. The number of rotatable bonds is 3. The van der Waals surface area contributed by atoms with Gasteiger partial charge in [-0.2, -0.15) is 0 Å². The molecular weight excluding hydrogens is 372 g/mol. The minimum absolute atomic E-state index is 0.0127. The second-order valence-corrected chi connectivity index (χ2v) is 9.44. The molecule has 2 aliphatic rings. The van der Waals surface area contributed by atoms with Crippen molar-refractivity contribution in [1.82, 2.24) is 4.90 Å². The molecule has 0 bridgehead atoms. The molecule has 0 radical (unpaired) electrons. The normalized spacial score (nSPS) is 25.3. The summed E-state index contributed by atoms with van der Waals surface area (Å²) in [5.41, 5.74) is 1.73. The average molecular weight is 391 g/mol. The van der Waals surface area contributed by atoms with Gasteiger partial charge in [0.25, 0.3) is 0 Å². The SMILES string of the molecule is O=C1CN(Cc2ccccc2)[C@@H]2CS(=O)(=O)C[C@@H]2N1c1cccc(Cl)c1. The molecule has 0 unspecified atom stereocenters. The molecule has 2 aliphatic heterocycles. The maximum atomic E-state index is 12.9. The summed E-state index contributed by atoms with van der Waals surface area (Å²) in [4.78, 5) is 16.5. The smallest absolute Gasteiger partial charge is 0.241 e. The third-order valence-corrected chi connectivity index (χ3v) is 6.95. The first-order valence-electron chi connectivity index (χ1n) is 8.49. The van der Waals surface area contributed by atoms with Crippen LogP contribution in [0.2, 0.25) is 5.02 Å². The van der Waals surface area contributed by atoms with Gasteiger partial charge in [-0.1, -0.05) is 48.0 Å². The van der Waals surface area contributed by atoms with E-state index in [2.05, 4.69) is 0 Å². The highest BCUT2D eigenvalue weighted by atomic mass is 35.5. The molecule has 2 fully saturated rings. The number of nitrogens with zero attached hydrogens (tertiary/aromatic N) is 2. The van der Waals surface area contributed by atoms with Crippen LogP contribution in [0.3, 0.4) is 0 Å². The molecule has 26 heavy (non-hydrogen) atoms. The summed E-state index contributed by atoms with van der Waals surface area (Å²) in [6, 6.07) is 16.3. The third-order valence-electron chi connectivity index (χ3n) is 5.02. The van der Waals surface area contributed by atoms with Crippen LogP contribution in [-0.2, 0) is 21.2 Å². The van der Waals surface area contributed by atoms with E-state index in [0.717, 1.165) is 5.56 Å². The highest BCUT2D eigenvalue weighted by Gasteiger charge is 2.49. The quantitative estimate of drug-likeness (QED) is 0.807. The molecule has 0 spiro atoms. The lowest BCUT2D eigenvalue weighted by Gasteiger charge is -2.43. The fourth-order valence-corrected chi connectivity index (χ4v) is 6.08. The molecule has 2 saturated heterocycles. The summed E-state index contributed by atoms with van der Waals surface area (Å²) in [5, 5.41) is 0.527. The number of anilines is 1. The maximum Gasteiger partial charge on any atom is 0.241 e. The van der Waals surface area contributed by atoms with Crippen LogP contribution in [0, 0.1) is 0 Å². The van der Waals surface area contributed by atoms with E-state index in [1.54, 1.807) is 29.2 Å². The predicted molar refractivity (Wildman–Crippen MR) is 102 cm³/mol. The van der Waals surface area contributed by atoms with Gasteiger partial charge in [-0.25, -0.2) is 8.42 Å². The van der Waals surface area contributed by atoms with Crippen molar-refractivity contribution >= 4 is 33.0 Å². The van der Waals surface area contributed by atoms with Crippen LogP contribution in [-0.4, -0.2) is 49.4 Å². The van der Waals surface area contributed by atoms with Crippen LogP contribution in [0.5, 0.6) is 0 Å². The van der Waals surface area contributed by atoms with Crippen molar-refractivity contribution in [2.75, 3.05) is 23.0 Å². The Balaban J connectivity index is 1.68. The molecule has 4 rings (SSSR count). The summed E-state index contributed by atoms with van der Waals surface area (Å²) in [7, 11) is -3.20. The first-order chi connectivity index (χ1) is 12.4. The van der Waals surface area contributed by atoms with Gasteiger partial charge in [0.05, 0.1) is 24.1 Å². The monoisotopic (exact) mass is 390 g/mol. The van der Waals surface area contributed by atoms with E-state index in [1.165, 1.54) is 0 Å². The Bertz CT molecular complexity index is 933. The van der Waals surface area contributed by atoms with E-state index >= 15 is 0 Å². The number of fused-ring (bicyclic) bond motifs is 1. The average Bonchev–Trinajstić information content (AvgIpc) is 2.91. The van der Waals surface area contributed by atoms with Crippen molar-refractivity contribution in [2.24, 2.45) is 0 Å². The van der Waals surface area contributed by atoms with E-state index in [4.69, 9.17) is 11.6 Å². The van der Waals surface area contributed by atoms with E-state index in [9.17, 15) is 13.2 Å². The van der Waals surface area contributed by atoms with E-state index in [-0.39, 0.29) is 36.0 Å². The number of hydrogen-bond donors (Lipinski definition) is 0. The fourth-order valence-electron chi connectivity index (χ4n) is 3.91. The van der Waals surface area contributed by atoms with E-state index in [0.29, 0.717) is 17.3 Å². The lowest BCUT2D eigenvalue weighted by Crippen LogP contribution is -2.61. The number of benzene rings is 2. The van der Waals surface area contributed by atoms with Gasteiger partial charge in [-0.15, -0.1) is 0 Å². The van der Waals surface area contributed by atoms with Crippen LogP contribution in [0.1, 0.15) is 5.56 Å². The molecule has 2 aromatic rings. The summed E-state index contributed by atoms with van der Waals surface area (Å²) in [5.74, 6) is -0.0303. The molecule has 0 aromatic heterocycles. The van der Waals surface area contributed by atoms with Crippen molar-refractivity contribution in [2.45, 2.75) is 18.6 Å². The topological polar surface area (TPSA) is 57.7 Å². The summed E-state index contributed by atoms with van der Waals surface area (Å²) < 4.78 is 24.7. The molecule has 136 valence electrons. The second kappa shape index (κ2) is 6.68. The van der Waals surface area contributed by atoms with Crippen molar-refractivity contribution in [3.63, 3.8) is 0 Å². The Hall–Kier alpha value is -1.89. The number of hydrogen-bond acceptors (Lipinski definition) is 4. The first kappa shape index (κ1) is 17.5. The highest BCUT2D eigenvalue weighted by molar-refractivity contribution is 7.91. The largest absolute Gasteiger partial charge is 0.306 e. The second-order valence-electron chi connectivity index (χ2n) is 6.85. The van der Waals surface area contributed by atoms with Crippen LogP contribution < -0.4 is 4.90 Å². The molecular formula is C19H19ClN2O3S. The molecule has 2 atom stereocenters. The third kappa shape index (κ3) is 3.37. The highest BCUT2D eigenvalue weighted by Crippen LogP contribution is 2.33. The molecule has 2 heterocycles. The Labute approximate surface area is 158 Å². The van der Waals surface area contributed by atoms with Gasteiger partial charge in [-0.05, 0) is 23.8 Å². The number of halogens is 1. The van der Waals surface area contributed by atoms with Gasteiger partial charge < -0.3 is 4.90 Å². The van der Waals surface area contributed by atoms with E-state index < -0.39 is 9.84 Å².